The van der Waals surface area contributed by atoms with Gasteiger partial charge in [-0.1, -0.05) is 25.1 Å². The van der Waals surface area contributed by atoms with E-state index in [-0.39, 0.29) is 0 Å². The van der Waals surface area contributed by atoms with Crippen LogP contribution in [0.25, 0.3) is 11.4 Å². The fourth-order valence-corrected chi connectivity index (χ4v) is 2.97. The number of nitrogens with zero attached hydrogens (tertiary/aromatic N) is 8. The number of aryl methyl sites for hydroxylation is 1. The molecule has 8 nitrogen and oxygen atoms in total. The van der Waals surface area contributed by atoms with E-state index in [9.17, 15) is 0 Å². The Labute approximate surface area is 138 Å². The van der Waals surface area contributed by atoms with Gasteiger partial charge >= 0.3 is 0 Å². The second-order valence-corrected chi connectivity index (χ2v) is 6.00. The van der Waals surface area contributed by atoms with Gasteiger partial charge in [-0.05, 0) is 29.0 Å². The lowest BCUT2D eigenvalue weighted by Crippen LogP contribution is -2.05. The monoisotopic (exact) mass is 330 g/mol. The molecule has 0 aliphatic rings. The minimum absolute atomic E-state index is 0.666. The average molecular weight is 330 g/mol. The van der Waals surface area contributed by atoms with Crippen LogP contribution < -0.4 is 0 Å². The second kappa shape index (κ2) is 7.32. The molecule has 3 heterocycles. The SMILES string of the molecule is CCCCn1nnnc1CSc1nnc(-c2ccncc2)n1C. The molecule has 3 aromatic rings. The van der Waals surface area contributed by atoms with Crippen molar-refractivity contribution in [2.75, 3.05) is 0 Å². The van der Waals surface area contributed by atoms with E-state index in [1.807, 2.05) is 28.4 Å². The first-order chi connectivity index (χ1) is 11.3. The molecular weight excluding hydrogens is 312 g/mol. The van der Waals surface area contributed by atoms with Crippen LogP contribution in [0, 0.1) is 0 Å². The Morgan fingerprint density at radius 1 is 1.13 bits per heavy atom. The molecule has 0 spiro atoms. The number of unbranched alkanes of at least 4 members (excludes halogenated alkanes) is 1. The summed E-state index contributed by atoms with van der Waals surface area (Å²) in [6, 6.07) is 3.84. The molecule has 0 fully saturated rings. The van der Waals surface area contributed by atoms with Crippen molar-refractivity contribution in [2.45, 2.75) is 37.2 Å². The summed E-state index contributed by atoms with van der Waals surface area (Å²) in [5.41, 5.74) is 0.995. The number of thioether (sulfide) groups is 1. The highest BCUT2D eigenvalue weighted by Crippen LogP contribution is 2.24. The molecule has 0 saturated heterocycles. The maximum atomic E-state index is 4.26. The van der Waals surface area contributed by atoms with E-state index in [0.29, 0.717) is 5.75 Å². The summed E-state index contributed by atoms with van der Waals surface area (Å²) in [6.07, 6.45) is 5.68. The molecule has 0 saturated carbocycles. The van der Waals surface area contributed by atoms with Crippen molar-refractivity contribution in [2.24, 2.45) is 7.05 Å². The molecule has 0 atom stereocenters. The Hall–Kier alpha value is -2.29. The summed E-state index contributed by atoms with van der Waals surface area (Å²) >= 11 is 1.58. The van der Waals surface area contributed by atoms with E-state index in [1.54, 1.807) is 24.2 Å². The van der Waals surface area contributed by atoms with E-state index in [0.717, 1.165) is 41.8 Å². The van der Waals surface area contributed by atoms with Gasteiger partial charge in [-0.25, -0.2) is 4.68 Å². The quantitative estimate of drug-likeness (QED) is 0.612. The predicted molar refractivity (Wildman–Crippen MR) is 86.5 cm³/mol. The zero-order valence-electron chi connectivity index (χ0n) is 13.1. The van der Waals surface area contributed by atoms with Crippen molar-refractivity contribution in [3.63, 3.8) is 0 Å². The second-order valence-electron chi connectivity index (χ2n) is 5.06. The van der Waals surface area contributed by atoms with E-state index in [1.165, 1.54) is 0 Å². The van der Waals surface area contributed by atoms with Crippen molar-refractivity contribution in [3.05, 3.63) is 30.4 Å². The number of aromatic nitrogens is 8. The number of tetrazole rings is 1. The van der Waals surface area contributed by atoms with Crippen molar-refractivity contribution >= 4 is 11.8 Å². The lowest BCUT2D eigenvalue weighted by atomic mass is 10.2. The number of rotatable bonds is 7. The maximum Gasteiger partial charge on any atom is 0.191 e. The molecule has 3 aromatic heterocycles. The Balaban J connectivity index is 1.70. The number of pyridine rings is 1. The summed E-state index contributed by atoms with van der Waals surface area (Å²) in [5.74, 6) is 2.34. The Morgan fingerprint density at radius 3 is 2.74 bits per heavy atom. The molecule has 0 aromatic carbocycles. The van der Waals surface area contributed by atoms with Gasteiger partial charge < -0.3 is 4.57 Å². The van der Waals surface area contributed by atoms with Gasteiger partial charge in [0.1, 0.15) is 0 Å². The summed E-state index contributed by atoms with van der Waals surface area (Å²) < 4.78 is 3.83. The van der Waals surface area contributed by atoms with Crippen LogP contribution in [0.2, 0.25) is 0 Å². The van der Waals surface area contributed by atoms with Crippen LogP contribution >= 0.6 is 11.8 Å². The van der Waals surface area contributed by atoms with E-state index in [2.05, 4.69) is 37.6 Å². The van der Waals surface area contributed by atoms with Gasteiger partial charge in [0.15, 0.2) is 16.8 Å². The molecule has 0 unspecified atom stereocenters. The summed E-state index contributed by atoms with van der Waals surface area (Å²) in [4.78, 5) is 4.02. The number of hydrogen-bond acceptors (Lipinski definition) is 7. The average Bonchev–Trinajstić information content (AvgIpc) is 3.18. The topological polar surface area (TPSA) is 87.2 Å². The van der Waals surface area contributed by atoms with Gasteiger partial charge in [-0.3, -0.25) is 4.98 Å². The van der Waals surface area contributed by atoms with Crippen LogP contribution in [0.15, 0.2) is 29.7 Å². The highest BCUT2D eigenvalue weighted by atomic mass is 32.2. The third-order valence-corrected chi connectivity index (χ3v) is 4.45. The third kappa shape index (κ3) is 3.55. The first-order valence-corrected chi connectivity index (χ1v) is 8.45. The first kappa shape index (κ1) is 15.6. The van der Waals surface area contributed by atoms with Crippen molar-refractivity contribution in [3.8, 4) is 11.4 Å². The molecule has 0 amide bonds. The zero-order chi connectivity index (χ0) is 16.1. The molecule has 0 radical (unpaired) electrons. The van der Waals surface area contributed by atoms with Gasteiger partial charge in [-0.2, -0.15) is 0 Å². The molecule has 0 N–H and O–H groups in total. The highest BCUT2D eigenvalue weighted by Gasteiger charge is 2.13. The highest BCUT2D eigenvalue weighted by molar-refractivity contribution is 7.98. The van der Waals surface area contributed by atoms with Gasteiger partial charge in [0.05, 0.1) is 5.75 Å². The minimum atomic E-state index is 0.666. The largest absolute Gasteiger partial charge is 0.305 e. The zero-order valence-corrected chi connectivity index (χ0v) is 13.9. The fraction of sp³-hybridized carbons (Fsp3) is 0.429. The van der Waals surface area contributed by atoms with E-state index >= 15 is 0 Å². The fourth-order valence-electron chi connectivity index (χ4n) is 2.13. The van der Waals surface area contributed by atoms with E-state index in [4.69, 9.17) is 0 Å². The van der Waals surface area contributed by atoms with Crippen LogP contribution in [-0.4, -0.2) is 40.0 Å². The Kier molecular flexibility index (Phi) is 4.96. The number of hydrogen-bond donors (Lipinski definition) is 0. The van der Waals surface area contributed by atoms with Crippen LogP contribution in [-0.2, 0) is 19.3 Å². The standard InChI is InChI=1S/C14H18N8S/c1-3-4-9-22-12(16-19-20-22)10-23-14-18-17-13(21(14)2)11-5-7-15-8-6-11/h5-8H,3-4,9-10H2,1-2H3. The smallest absolute Gasteiger partial charge is 0.191 e. The lowest BCUT2D eigenvalue weighted by Gasteiger charge is -2.04. The molecule has 0 bridgehead atoms. The van der Waals surface area contributed by atoms with Crippen LogP contribution in [0.1, 0.15) is 25.6 Å². The van der Waals surface area contributed by atoms with Crippen molar-refractivity contribution < 1.29 is 0 Å². The van der Waals surface area contributed by atoms with E-state index < -0.39 is 0 Å². The molecule has 9 heteroatoms. The normalized spacial score (nSPS) is 11.0. The third-order valence-electron chi connectivity index (χ3n) is 3.43. The molecule has 120 valence electrons. The van der Waals surface area contributed by atoms with Crippen LogP contribution in [0.5, 0.6) is 0 Å². The summed E-state index contributed by atoms with van der Waals surface area (Å²) in [6.45, 7) is 3.00. The molecule has 23 heavy (non-hydrogen) atoms. The first-order valence-electron chi connectivity index (χ1n) is 7.47. The maximum absolute atomic E-state index is 4.26. The van der Waals surface area contributed by atoms with Crippen molar-refractivity contribution in [1.29, 1.82) is 0 Å². The van der Waals surface area contributed by atoms with Gasteiger partial charge in [0, 0.05) is 31.5 Å². The lowest BCUT2D eigenvalue weighted by molar-refractivity contribution is 0.540. The molecular formula is C14H18N8S. The summed E-state index contributed by atoms with van der Waals surface area (Å²) in [7, 11) is 1.96. The Morgan fingerprint density at radius 2 is 1.96 bits per heavy atom. The summed E-state index contributed by atoms with van der Waals surface area (Å²) in [5, 5.41) is 21.3. The molecule has 0 aliphatic carbocycles. The van der Waals surface area contributed by atoms with Crippen LogP contribution in [0.3, 0.4) is 0 Å². The minimum Gasteiger partial charge on any atom is -0.305 e. The van der Waals surface area contributed by atoms with Crippen LogP contribution in [0.4, 0.5) is 0 Å². The van der Waals surface area contributed by atoms with Crippen molar-refractivity contribution in [1.82, 2.24) is 40.0 Å². The Bertz CT molecular complexity index is 751. The predicted octanol–water partition coefficient (Wildman–Crippen LogP) is 1.96. The van der Waals surface area contributed by atoms with Gasteiger partial charge in [0.25, 0.3) is 0 Å². The van der Waals surface area contributed by atoms with Gasteiger partial charge in [-0.15, -0.1) is 15.3 Å². The van der Waals surface area contributed by atoms with Gasteiger partial charge in [0.2, 0.25) is 0 Å². The molecule has 0 aliphatic heterocycles. The molecule has 3 rings (SSSR count).